The predicted molar refractivity (Wildman–Crippen MR) is 49.2 cm³/mol. The summed E-state index contributed by atoms with van der Waals surface area (Å²) in [7, 11) is 0. The second-order valence-electron chi connectivity index (χ2n) is 3.68. The van der Waals surface area contributed by atoms with Gasteiger partial charge < -0.3 is 4.57 Å². The summed E-state index contributed by atoms with van der Waals surface area (Å²) in [6.07, 6.45) is 9.88. The average molecular weight is 178 g/mol. The van der Waals surface area contributed by atoms with Crippen LogP contribution in [0.5, 0.6) is 0 Å². The molecule has 1 aromatic heterocycles. The summed E-state index contributed by atoms with van der Waals surface area (Å²) in [5.74, 6) is 0.693. The van der Waals surface area contributed by atoms with Crippen LogP contribution in [0.15, 0.2) is 18.7 Å². The van der Waals surface area contributed by atoms with E-state index >= 15 is 0 Å². The van der Waals surface area contributed by atoms with E-state index in [4.69, 9.17) is 0 Å². The molecule has 3 nitrogen and oxygen atoms in total. The van der Waals surface area contributed by atoms with E-state index in [0.29, 0.717) is 18.2 Å². The highest BCUT2D eigenvalue weighted by Gasteiger charge is 2.22. The van der Waals surface area contributed by atoms with Crippen LogP contribution in [0, 0.1) is 5.92 Å². The summed E-state index contributed by atoms with van der Waals surface area (Å²) >= 11 is 0. The molecule has 0 unspecified atom stereocenters. The van der Waals surface area contributed by atoms with Crippen LogP contribution < -0.4 is 0 Å². The fraction of sp³-hybridized carbons (Fsp3) is 0.600. The van der Waals surface area contributed by atoms with Crippen molar-refractivity contribution in [2.45, 2.75) is 32.2 Å². The van der Waals surface area contributed by atoms with Crippen molar-refractivity contribution in [3.8, 4) is 0 Å². The lowest BCUT2D eigenvalue weighted by Gasteiger charge is -2.07. The van der Waals surface area contributed by atoms with Crippen molar-refractivity contribution in [2.75, 3.05) is 0 Å². The number of carbonyl (C=O) groups excluding carboxylic acids is 1. The van der Waals surface area contributed by atoms with Crippen molar-refractivity contribution < 1.29 is 4.79 Å². The van der Waals surface area contributed by atoms with Gasteiger partial charge in [0.1, 0.15) is 0 Å². The summed E-state index contributed by atoms with van der Waals surface area (Å²) in [6.45, 7) is 0.505. The van der Waals surface area contributed by atoms with Crippen LogP contribution >= 0.6 is 0 Å². The van der Waals surface area contributed by atoms with Crippen LogP contribution in [0.4, 0.5) is 0 Å². The fourth-order valence-corrected chi connectivity index (χ4v) is 1.94. The molecule has 0 aliphatic heterocycles. The van der Waals surface area contributed by atoms with E-state index < -0.39 is 0 Å². The van der Waals surface area contributed by atoms with Crippen molar-refractivity contribution in [1.29, 1.82) is 0 Å². The quantitative estimate of drug-likeness (QED) is 0.705. The SMILES string of the molecule is O=C(Cn1ccnc1)C1CCCC1. The largest absolute Gasteiger partial charge is 0.330 e. The fourth-order valence-electron chi connectivity index (χ4n) is 1.94. The van der Waals surface area contributed by atoms with E-state index in [2.05, 4.69) is 4.98 Å². The Bertz CT molecular complexity index is 273. The first kappa shape index (κ1) is 8.48. The van der Waals surface area contributed by atoms with Crippen LogP contribution in [0.25, 0.3) is 0 Å². The van der Waals surface area contributed by atoms with Gasteiger partial charge in [-0.3, -0.25) is 4.79 Å². The lowest BCUT2D eigenvalue weighted by atomic mass is 10.0. The molecule has 70 valence electrons. The third-order valence-electron chi connectivity index (χ3n) is 2.71. The number of carbonyl (C=O) groups is 1. The summed E-state index contributed by atoms with van der Waals surface area (Å²) in [5.41, 5.74) is 0. The molecule has 0 N–H and O–H groups in total. The molecule has 0 amide bonds. The van der Waals surface area contributed by atoms with Crippen molar-refractivity contribution in [3.05, 3.63) is 18.7 Å². The molecule has 2 rings (SSSR count). The number of imidazole rings is 1. The zero-order valence-corrected chi connectivity index (χ0v) is 7.65. The molecule has 0 bridgehead atoms. The van der Waals surface area contributed by atoms with Gasteiger partial charge in [-0.25, -0.2) is 4.98 Å². The Balaban J connectivity index is 1.91. The van der Waals surface area contributed by atoms with Gasteiger partial charge in [0.25, 0.3) is 0 Å². The zero-order chi connectivity index (χ0) is 9.10. The number of nitrogens with zero attached hydrogens (tertiary/aromatic N) is 2. The Labute approximate surface area is 77.8 Å². The molecule has 0 saturated heterocycles. The molecule has 1 aliphatic carbocycles. The molecular formula is C10H14N2O. The van der Waals surface area contributed by atoms with Crippen molar-refractivity contribution in [2.24, 2.45) is 5.92 Å². The monoisotopic (exact) mass is 178 g/mol. The molecule has 1 saturated carbocycles. The Kier molecular flexibility index (Phi) is 2.43. The predicted octanol–water partition coefficient (Wildman–Crippen LogP) is 1.64. The molecule has 13 heavy (non-hydrogen) atoms. The van der Waals surface area contributed by atoms with Crippen LogP contribution in [0.3, 0.4) is 0 Å². The van der Waals surface area contributed by atoms with Gasteiger partial charge in [0.2, 0.25) is 0 Å². The van der Waals surface area contributed by atoms with Crippen LogP contribution in [0.1, 0.15) is 25.7 Å². The standard InChI is InChI=1S/C10H14N2O/c13-10(9-3-1-2-4-9)7-12-6-5-11-8-12/h5-6,8-9H,1-4,7H2. The van der Waals surface area contributed by atoms with E-state index in [9.17, 15) is 4.79 Å². The lowest BCUT2D eigenvalue weighted by Crippen LogP contribution is -2.16. The highest BCUT2D eigenvalue weighted by molar-refractivity contribution is 5.81. The molecule has 0 spiro atoms. The van der Waals surface area contributed by atoms with Gasteiger partial charge in [-0.1, -0.05) is 12.8 Å². The maximum absolute atomic E-state index is 11.7. The van der Waals surface area contributed by atoms with E-state index in [1.54, 1.807) is 12.5 Å². The third kappa shape index (κ3) is 1.97. The minimum atomic E-state index is 0.322. The van der Waals surface area contributed by atoms with Crippen molar-refractivity contribution >= 4 is 5.78 Å². The number of aromatic nitrogens is 2. The molecule has 1 fully saturated rings. The summed E-state index contributed by atoms with van der Waals surface area (Å²) < 4.78 is 1.85. The zero-order valence-electron chi connectivity index (χ0n) is 7.65. The second kappa shape index (κ2) is 3.73. The normalized spacial score (nSPS) is 17.8. The van der Waals surface area contributed by atoms with E-state index in [1.807, 2.05) is 10.8 Å². The van der Waals surface area contributed by atoms with Gasteiger partial charge in [-0.15, -0.1) is 0 Å². The maximum atomic E-state index is 11.7. The van der Waals surface area contributed by atoms with E-state index in [1.165, 1.54) is 12.8 Å². The summed E-state index contributed by atoms with van der Waals surface area (Å²) in [4.78, 5) is 15.6. The van der Waals surface area contributed by atoms with Crippen LogP contribution in [0.2, 0.25) is 0 Å². The molecule has 1 aliphatic rings. The van der Waals surface area contributed by atoms with Gasteiger partial charge >= 0.3 is 0 Å². The first-order chi connectivity index (χ1) is 6.36. The average Bonchev–Trinajstić information content (AvgIpc) is 2.74. The molecule has 0 radical (unpaired) electrons. The Hall–Kier alpha value is -1.12. The first-order valence-electron chi connectivity index (χ1n) is 4.85. The van der Waals surface area contributed by atoms with Crippen LogP contribution in [-0.4, -0.2) is 15.3 Å². The highest BCUT2D eigenvalue weighted by atomic mass is 16.1. The smallest absolute Gasteiger partial charge is 0.155 e. The minimum absolute atomic E-state index is 0.322. The lowest BCUT2D eigenvalue weighted by molar-refractivity contribution is -0.123. The van der Waals surface area contributed by atoms with Gasteiger partial charge in [-0.2, -0.15) is 0 Å². The van der Waals surface area contributed by atoms with Crippen molar-refractivity contribution in [3.63, 3.8) is 0 Å². The maximum Gasteiger partial charge on any atom is 0.155 e. The van der Waals surface area contributed by atoms with Crippen molar-refractivity contribution in [1.82, 2.24) is 9.55 Å². The highest BCUT2D eigenvalue weighted by Crippen LogP contribution is 2.25. The summed E-state index contributed by atoms with van der Waals surface area (Å²) in [6, 6.07) is 0. The molecule has 1 heterocycles. The first-order valence-corrected chi connectivity index (χ1v) is 4.85. The molecule has 1 aromatic rings. The molecule has 0 atom stereocenters. The Morgan fingerprint density at radius 3 is 2.85 bits per heavy atom. The van der Waals surface area contributed by atoms with Gasteiger partial charge in [-0.05, 0) is 12.8 Å². The van der Waals surface area contributed by atoms with Gasteiger partial charge in [0.05, 0.1) is 12.9 Å². The Morgan fingerprint density at radius 1 is 1.46 bits per heavy atom. The Morgan fingerprint density at radius 2 is 2.23 bits per heavy atom. The number of ketones is 1. The van der Waals surface area contributed by atoms with Gasteiger partial charge in [0.15, 0.2) is 5.78 Å². The van der Waals surface area contributed by atoms with Crippen LogP contribution in [-0.2, 0) is 11.3 Å². The third-order valence-corrected chi connectivity index (χ3v) is 2.71. The molecule has 3 heteroatoms. The number of rotatable bonds is 3. The number of hydrogen-bond donors (Lipinski definition) is 0. The minimum Gasteiger partial charge on any atom is -0.330 e. The van der Waals surface area contributed by atoms with Gasteiger partial charge in [0, 0.05) is 18.3 Å². The number of hydrogen-bond acceptors (Lipinski definition) is 2. The van der Waals surface area contributed by atoms with E-state index in [-0.39, 0.29) is 0 Å². The number of Topliss-reactive ketones (excluding diaryl/α,β-unsaturated/α-hetero) is 1. The second-order valence-corrected chi connectivity index (χ2v) is 3.68. The van der Waals surface area contributed by atoms with E-state index in [0.717, 1.165) is 12.8 Å². The topological polar surface area (TPSA) is 34.9 Å². The summed E-state index contributed by atoms with van der Waals surface area (Å²) in [5, 5.41) is 0. The molecule has 0 aromatic carbocycles. The molecular weight excluding hydrogens is 164 g/mol.